The van der Waals surface area contributed by atoms with Crippen LogP contribution in [0.15, 0.2) is 0 Å². The summed E-state index contributed by atoms with van der Waals surface area (Å²) in [6, 6.07) is -1.10. The largest absolute Gasteiger partial charge is 0.480 e. The molecule has 0 radical (unpaired) electrons. The number of carboxylic acids is 1. The Morgan fingerprint density at radius 2 is 2.07 bits per heavy atom. The fourth-order valence-corrected chi connectivity index (χ4v) is 0.930. The Morgan fingerprint density at radius 1 is 1.50 bits per heavy atom. The van der Waals surface area contributed by atoms with Gasteiger partial charge >= 0.3 is 5.97 Å². The molecule has 0 heterocycles. The summed E-state index contributed by atoms with van der Waals surface area (Å²) >= 11 is 0. The van der Waals surface area contributed by atoms with E-state index in [4.69, 9.17) is 5.11 Å². The standard InChI is InChI=1S/C9H15NO4/c1-3-6(2)8(12)4-7(9(13)14)10-5-11/h5-7H,3-4H2,1-2H3,(H,10,11)(H,13,14). The minimum atomic E-state index is -1.19. The zero-order chi connectivity index (χ0) is 11.1. The molecular weight excluding hydrogens is 186 g/mol. The van der Waals surface area contributed by atoms with Crippen LogP contribution in [0.5, 0.6) is 0 Å². The number of carboxylic acid groups (broad SMARTS) is 1. The van der Waals surface area contributed by atoms with E-state index in [1.807, 2.05) is 6.92 Å². The van der Waals surface area contributed by atoms with E-state index in [0.717, 1.165) is 0 Å². The lowest BCUT2D eigenvalue weighted by molar-refractivity contribution is -0.142. The van der Waals surface area contributed by atoms with Gasteiger partial charge in [0.15, 0.2) is 0 Å². The Kier molecular flexibility index (Phi) is 5.52. The van der Waals surface area contributed by atoms with Gasteiger partial charge in [-0.15, -0.1) is 0 Å². The van der Waals surface area contributed by atoms with E-state index in [-0.39, 0.29) is 18.1 Å². The molecule has 2 N–H and O–H groups in total. The zero-order valence-corrected chi connectivity index (χ0v) is 8.32. The van der Waals surface area contributed by atoms with Crippen LogP contribution in [0.25, 0.3) is 0 Å². The minimum Gasteiger partial charge on any atom is -0.480 e. The van der Waals surface area contributed by atoms with Gasteiger partial charge < -0.3 is 10.4 Å². The second-order valence-corrected chi connectivity index (χ2v) is 3.16. The van der Waals surface area contributed by atoms with Gasteiger partial charge in [-0.2, -0.15) is 0 Å². The lowest BCUT2D eigenvalue weighted by Crippen LogP contribution is -2.38. The summed E-state index contributed by atoms with van der Waals surface area (Å²) < 4.78 is 0. The van der Waals surface area contributed by atoms with Crippen molar-refractivity contribution < 1.29 is 19.5 Å². The molecule has 0 aliphatic heterocycles. The number of hydrogen-bond donors (Lipinski definition) is 2. The molecule has 0 spiro atoms. The van der Waals surface area contributed by atoms with E-state index in [2.05, 4.69) is 5.32 Å². The smallest absolute Gasteiger partial charge is 0.326 e. The first kappa shape index (κ1) is 12.6. The lowest BCUT2D eigenvalue weighted by atomic mass is 9.98. The molecular formula is C9H15NO4. The number of hydrogen-bond acceptors (Lipinski definition) is 3. The second kappa shape index (κ2) is 6.12. The fraction of sp³-hybridized carbons (Fsp3) is 0.667. The molecule has 5 heteroatoms. The van der Waals surface area contributed by atoms with E-state index in [9.17, 15) is 14.4 Å². The maximum atomic E-state index is 11.3. The first-order valence-corrected chi connectivity index (χ1v) is 4.48. The average molecular weight is 201 g/mol. The van der Waals surface area contributed by atoms with Gasteiger partial charge in [0.05, 0.1) is 0 Å². The van der Waals surface area contributed by atoms with Gasteiger partial charge in [0.2, 0.25) is 6.41 Å². The van der Waals surface area contributed by atoms with Gasteiger partial charge in [-0.3, -0.25) is 9.59 Å². The molecule has 2 unspecified atom stereocenters. The molecule has 0 bridgehead atoms. The Labute approximate surface area is 82.5 Å². The number of carbonyl (C=O) groups is 3. The summed E-state index contributed by atoms with van der Waals surface area (Å²) in [5, 5.41) is 10.7. The van der Waals surface area contributed by atoms with Crippen LogP contribution < -0.4 is 5.32 Å². The van der Waals surface area contributed by atoms with E-state index in [0.29, 0.717) is 12.8 Å². The third-order valence-corrected chi connectivity index (χ3v) is 2.13. The zero-order valence-electron chi connectivity index (χ0n) is 8.32. The van der Waals surface area contributed by atoms with E-state index in [1.165, 1.54) is 0 Å². The SMILES string of the molecule is CCC(C)C(=O)CC(NC=O)C(=O)O. The van der Waals surface area contributed by atoms with Gasteiger partial charge in [0, 0.05) is 12.3 Å². The van der Waals surface area contributed by atoms with Crippen LogP contribution in [0.2, 0.25) is 0 Å². The van der Waals surface area contributed by atoms with Crippen molar-refractivity contribution in [2.24, 2.45) is 5.92 Å². The number of Topliss-reactive ketones (excluding diaryl/α,β-unsaturated/α-hetero) is 1. The highest BCUT2D eigenvalue weighted by molar-refractivity contribution is 5.87. The van der Waals surface area contributed by atoms with Crippen LogP contribution >= 0.6 is 0 Å². The molecule has 0 rings (SSSR count). The van der Waals surface area contributed by atoms with E-state index >= 15 is 0 Å². The number of rotatable bonds is 7. The van der Waals surface area contributed by atoms with Crippen molar-refractivity contribution in [3.05, 3.63) is 0 Å². The number of nitrogens with one attached hydrogen (secondary N) is 1. The van der Waals surface area contributed by atoms with Gasteiger partial charge in [-0.25, -0.2) is 4.79 Å². The summed E-state index contributed by atoms with van der Waals surface area (Å²) in [5.41, 5.74) is 0. The fourth-order valence-electron chi connectivity index (χ4n) is 0.930. The molecule has 5 nitrogen and oxygen atoms in total. The molecule has 14 heavy (non-hydrogen) atoms. The number of carbonyl (C=O) groups excluding carboxylic acids is 2. The van der Waals surface area contributed by atoms with Crippen molar-refractivity contribution in [1.29, 1.82) is 0 Å². The minimum absolute atomic E-state index is 0.144. The average Bonchev–Trinajstić information content (AvgIpc) is 2.15. The van der Waals surface area contributed by atoms with Crippen molar-refractivity contribution in [2.75, 3.05) is 0 Å². The van der Waals surface area contributed by atoms with Gasteiger partial charge in [0.1, 0.15) is 11.8 Å². The molecule has 0 aromatic rings. The maximum absolute atomic E-state index is 11.3. The summed E-state index contributed by atoms with van der Waals surface area (Å²) in [5.74, 6) is -1.49. The summed E-state index contributed by atoms with van der Waals surface area (Å²) in [6.45, 7) is 3.59. The predicted molar refractivity (Wildman–Crippen MR) is 49.7 cm³/mol. The first-order valence-electron chi connectivity index (χ1n) is 4.48. The normalized spacial score (nSPS) is 14.1. The van der Waals surface area contributed by atoms with Crippen LogP contribution in [-0.2, 0) is 14.4 Å². The van der Waals surface area contributed by atoms with E-state index < -0.39 is 12.0 Å². The lowest BCUT2D eigenvalue weighted by Gasteiger charge is -2.12. The summed E-state index contributed by atoms with van der Waals surface area (Å²) in [7, 11) is 0. The summed E-state index contributed by atoms with van der Waals surface area (Å²) in [6.07, 6.45) is 0.817. The molecule has 0 saturated carbocycles. The predicted octanol–water partition coefficient (Wildman–Crippen LogP) is 0.191. The van der Waals surface area contributed by atoms with E-state index in [1.54, 1.807) is 6.92 Å². The van der Waals surface area contributed by atoms with Gasteiger partial charge in [-0.1, -0.05) is 13.8 Å². The molecule has 2 atom stereocenters. The topological polar surface area (TPSA) is 83.5 Å². The monoisotopic (exact) mass is 201 g/mol. The third-order valence-electron chi connectivity index (χ3n) is 2.13. The summed E-state index contributed by atoms with van der Waals surface area (Å²) in [4.78, 5) is 32.0. The molecule has 0 aromatic heterocycles. The first-order chi connectivity index (χ1) is 6.52. The molecule has 80 valence electrons. The number of ketones is 1. The molecule has 0 saturated heterocycles. The molecule has 0 fully saturated rings. The van der Waals surface area contributed by atoms with Crippen LogP contribution in [0, 0.1) is 5.92 Å². The molecule has 0 aliphatic carbocycles. The maximum Gasteiger partial charge on any atom is 0.326 e. The Morgan fingerprint density at radius 3 is 2.43 bits per heavy atom. The van der Waals surface area contributed by atoms with Crippen LogP contribution in [0.1, 0.15) is 26.7 Å². The molecule has 0 aliphatic rings. The third kappa shape index (κ3) is 4.02. The highest BCUT2D eigenvalue weighted by atomic mass is 16.4. The van der Waals surface area contributed by atoms with Crippen LogP contribution in [0.4, 0.5) is 0 Å². The van der Waals surface area contributed by atoms with Gasteiger partial charge in [-0.05, 0) is 6.42 Å². The Balaban J connectivity index is 4.22. The Hall–Kier alpha value is -1.39. The van der Waals surface area contributed by atoms with Gasteiger partial charge in [0.25, 0.3) is 0 Å². The van der Waals surface area contributed by atoms with Crippen molar-refractivity contribution in [3.8, 4) is 0 Å². The van der Waals surface area contributed by atoms with Crippen molar-refractivity contribution in [3.63, 3.8) is 0 Å². The Bertz CT molecular complexity index is 227. The van der Waals surface area contributed by atoms with Crippen LogP contribution in [0.3, 0.4) is 0 Å². The highest BCUT2D eigenvalue weighted by Gasteiger charge is 2.22. The van der Waals surface area contributed by atoms with Crippen molar-refractivity contribution >= 4 is 18.2 Å². The molecule has 0 aromatic carbocycles. The number of amides is 1. The quantitative estimate of drug-likeness (QED) is 0.576. The second-order valence-electron chi connectivity index (χ2n) is 3.16. The van der Waals surface area contributed by atoms with Crippen LogP contribution in [-0.4, -0.2) is 29.3 Å². The number of aliphatic carboxylic acids is 1. The van der Waals surface area contributed by atoms with Crippen molar-refractivity contribution in [1.82, 2.24) is 5.32 Å². The van der Waals surface area contributed by atoms with Crippen molar-refractivity contribution in [2.45, 2.75) is 32.7 Å². The highest BCUT2D eigenvalue weighted by Crippen LogP contribution is 2.07. The molecule has 1 amide bonds.